The monoisotopic (exact) mass is 229 g/mol. The molecule has 2 rings (SSSR count). The van der Waals surface area contributed by atoms with Crippen molar-refractivity contribution in [3.63, 3.8) is 0 Å². The van der Waals surface area contributed by atoms with Crippen molar-refractivity contribution in [1.29, 1.82) is 0 Å². The normalized spacial score (nSPS) is 11.3. The molecule has 0 saturated carbocycles. The van der Waals surface area contributed by atoms with Gasteiger partial charge in [-0.15, -0.1) is 12.1 Å². The van der Waals surface area contributed by atoms with Crippen molar-refractivity contribution < 1.29 is 0 Å². The second-order valence-corrected chi connectivity index (χ2v) is 5.69. The van der Waals surface area contributed by atoms with Gasteiger partial charge in [0.15, 0.2) is 0 Å². The van der Waals surface area contributed by atoms with Gasteiger partial charge in [0.05, 0.1) is 0 Å². The first-order valence-corrected chi connectivity index (χ1v) is 8.22. The lowest BCUT2D eigenvalue weighted by atomic mass is 10.0. The third-order valence-electron chi connectivity index (χ3n) is 2.57. The Morgan fingerprint density at radius 1 is 0.733 bits per heavy atom. The minimum Gasteiger partial charge on any atom is -0.135 e. The molecule has 0 atom stereocenters. The van der Waals surface area contributed by atoms with Gasteiger partial charge >= 0.3 is 0 Å². The Labute approximate surface area is 98.2 Å². The summed E-state index contributed by atoms with van der Waals surface area (Å²) in [4.78, 5) is 0. The van der Waals surface area contributed by atoms with E-state index >= 15 is 0 Å². The molecule has 0 bridgehead atoms. The molecule has 0 N–H and O–H groups in total. The Balaban J connectivity index is 2.34. The molecule has 2 aromatic carbocycles. The molecule has 2 heteroatoms. The summed E-state index contributed by atoms with van der Waals surface area (Å²) in [5.74, 6) is 0. The number of hydrogen-bond donors (Lipinski definition) is 0. The molecule has 0 amide bonds. The molecule has 0 fully saturated rings. The van der Waals surface area contributed by atoms with Gasteiger partial charge in [0, 0.05) is 5.54 Å². The lowest BCUT2D eigenvalue weighted by molar-refractivity contribution is 1.14. The van der Waals surface area contributed by atoms with Crippen molar-refractivity contribution in [3.8, 4) is 0 Å². The summed E-state index contributed by atoms with van der Waals surface area (Å²) in [6.07, 6.45) is 0. The molecule has 15 heavy (non-hydrogen) atoms. The average Bonchev–Trinajstić information content (AvgIpc) is 2.33. The molecule has 0 aliphatic carbocycles. The molecular weight excluding hydrogens is 216 g/mol. The van der Waals surface area contributed by atoms with Crippen LogP contribution in [0, 0.1) is 0 Å². The van der Waals surface area contributed by atoms with Crippen LogP contribution < -0.4 is 0 Å². The van der Waals surface area contributed by atoms with Crippen LogP contribution >= 0.6 is 12.1 Å². The first-order chi connectivity index (χ1) is 7.42. The van der Waals surface area contributed by atoms with E-state index in [2.05, 4.69) is 60.7 Å². The summed E-state index contributed by atoms with van der Waals surface area (Å²) in [6, 6.07) is 21.2. The van der Waals surface area contributed by atoms with E-state index in [0.717, 1.165) is 0 Å². The van der Waals surface area contributed by atoms with Gasteiger partial charge in [-0.05, 0) is 11.1 Å². The summed E-state index contributed by atoms with van der Waals surface area (Å²) in [7, 11) is -0.485. The van der Waals surface area contributed by atoms with E-state index < -0.39 is 8.67 Å². The minimum atomic E-state index is -0.485. The van der Waals surface area contributed by atoms with Gasteiger partial charge in [0.2, 0.25) is 0 Å². The molecule has 0 spiro atoms. The van der Waals surface area contributed by atoms with E-state index in [1.165, 1.54) is 11.1 Å². The molecule has 0 nitrogen and oxygen atoms in total. The number of rotatable bonds is 3. The van der Waals surface area contributed by atoms with Crippen LogP contribution in [0.25, 0.3) is 0 Å². The Morgan fingerprint density at radius 2 is 1.13 bits per heavy atom. The van der Waals surface area contributed by atoms with Crippen LogP contribution in [0.4, 0.5) is 0 Å². The van der Waals surface area contributed by atoms with Crippen molar-refractivity contribution in [1.82, 2.24) is 0 Å². The molecule has 2 aromatic rings. The highest BCUT2D eigenvalue weighted by molar-refractivity contribution is 8.06. The molecule has 0 unspecified atom stereocenters. The van der Waals surface area contributed by atoms with E-state index in [4.69, 9.17) is 12.1 Å². The highest BCUT2D eigenvalue weighted by Gasteiger charge is 2.11. The maximum Gasteiger partial charge on any atom is 0.111 e. The maximum absolute atomic E-state index is 5.38. The van der Waals surface area contributed by atoms with Gasteiger partial charge in [0.1, 0.15) is 8.67 Å². The summed E-state index contributed by atoms with van der Waals surface area (Å²) < 4.78 is 0. The summed E-state index contributed by atoms with van der Waals surface area (Å²) in [6.45, 7) is 0. The zero-order valence-electron chi connectivity index (χ0n) is 8.47. The van der Waals surface area contributed by atoms with Crippen molar-refractivity contribution >= 4 is 20.7 Å². The van der Waals surface area contributed by atoms with Crippen molar-refractivity contribution in [3.05, 3.63) is 71.8 Å². The average molecular weight is 229 g/mol. The van der Waals surface area contributed by atoms with Crippen LogP contribution in [-0.2, 0) is 0 Å². The third kappa shape index (κ3) is 2.52. The van der Waals surface area contributed by atoms with Crippen LogP contribution in [0.5, 0.6) is 0 Å². The van der Waals surface area contributed by atoms with E-state index in [-0.39, 0.29) is 0 Å². The minimum absolute atomic E-state index is 0.485. The molecule has 0 aliphatic rings. The van der Waals surface area contributed by atoms with E-state index in [1.54, 1.807) is 0 Å². The SMILES string of the molecule is [S][SiH2]C(c1ccccc1)c1ccccc1. The van der Waals surface area contributed by atoms with Crippen molar-refractivity contribution in [2.24, 2.45) is 0 Å². The molecule has 75 valence electrons. The quantitative estimate of drug-likeness (QED) is 0.710. The predicted octanol–water partition coefficient (Wildman–Crippen LogP) is 3.06. The molecule has 0 heterocycles. The molecule has 0 saturated heterocycles. The van der Waals surface area contributed by atoms with Gasteiger partial charge in [-0.25, -0.2) is 0 Å². The first kappa shape index (κ1) is 10.5. The van der Waals surface area contributed by atoms with E-state index in [9.17, 15) is 0 Å². The highest BCUT2D eigenvalue weighted by Crippen LogP contribution is 2.23. The topological polar surface area (TPSA) is 0 Å². The third-order valence-corrected chi connectivity index (χ3v) is 4.85. The smallest absolute Gasteiger partial charge is 0.111 e. The fourth-order valence-corrected chi connectivity index (χ4v) is 3.84. The van der Waals surface area contributed by atoms with Crippen molar-refractivity contribution in [2.45, 2.75) is 5.54 Å². The van der Waals surface area contributed by atoms with Gasteiger partial charge in [-0.1, -0.05) is 60.7 Å². The fraction of sp³-hybridized carbons (Fsp3) is 0.0769. The largest absolute Gasteiger partial charge is 0.135 e. The second-order valence-electron chi connectivity index (χ2n) is 3.54. The van der Waals surface area contributed by atoms with E-state index in [0.29, 0.717) is 5.54 Å². The van der Waals surface area contributed by atoms with Gasteiger partial charge in [-0.3, -0.25) is 0 Å². The van der Waals surface area contributed by atoms with Crippen LogP contribution in [0.15, 0.2) is 60.7 Å². The standard InChI is InChI=1S/C13H13SSi/c14-15-13(11-7-3-1-4-8-11)12-9-5-2-6-10-12/h1-10,13H,15H2. The Hall–Kier alpha value is -0.993. The zero-order chi connectivity index (χ0) is 10.5. The molecule has 1 radical (unpaired) electrons. The van der Waals surface area contributed by atoms with Gasteiger partial charge in [-0.2, -0.15) is 0 Å². The zero-order valence-corrected chi connectivity index (χ0v) is 10.7. The fourth-order valence-electron chi connectivity index (χ4n) is 1.76. The summed E-state index contributed by atoms with van der Waals surface area (Å²) >= 11 is 5.38. The summed E-state index contributed by atoms with van der Waals surface area (Å²) in [5, 5.41) is 0. The Bertz CT molecular complexity index is 360. The van der Waals surface area contributed by atoms with E-state index in [1.807, 2.05) is 0 Å². The van der Waals surface area contributed by atoms with Crippen molar-refractivity contribution in [2.75, 3.05) is 0 Å². The maximum atomic E-state index is 5.38. The molecule has 0 aliphatic heterocycles. The second kappa shape index (κ2) is 5.19. The Kier molecular flexibility index (Phi) is 3.64. The lowest BCUT2D eigenvalue weighted by Crippen LogP contribution is -2.04. The van der Waals surface area contributed by atoms with Crippen LogP contribution in [0.2, 0.25) is 0 Å². The Morgan fingerprint density at radius 3 is 1.47 bits per heavy atom. The molecule has 0 aromatic heterocycles. The molecular formula is C13H13SSi. The number of benzene rings is 2. The first-order valence-electron chi connectivity index (χ1n) is 5.10. The van der Waals surface area contributed by atoms with Crippen LogP contribution in [0.3, 0.4) is 0 Å². The van der Waals surface area contributed by atoms with Gasteiger partial charge in [0.25, 0.3) is 0 Å². The lowest BCUT2D eigenvalue weighted by Gasteiger charge is -2.14. The van der Waals surface area contributed by atoms with Crippen LogP contribution in [-0.4, -0.2) is 8.67 Å². The van der Waals surface area contributed by atoms with Crippen LogP contribution in [0.1, 0.15) is 16.7 Å². The summed E-state index contributed by atoms with van der Waals surface area (Å²) in [5.41, 5.74) is 3.22. The van der Waals surface area contributed by atoms with Gasteiger partial charge < -0.3 is 0 Å². The predicted molar refractivity (Wildman–Crippen MR) is 70.9 cm³/mol. The highest BCUT2D eigenvalue weighted by atomic mass is 32.3. The number of hydrogen-bond acceptors (Lipinski definition) is 0.